The highest BCUT2D eigenvalue weighted by Gasteiger charge is 2.34. The first-order valence-corrected chi connectivity index (χ1v) is 11.3. The van der Waals surface area contributed by atoms with Crippen LogP contribution in [0.5, 0.6) is 0 Å². The van der Waals surface area contributed by atoms with Gasteiger partial charge in [-0.25, -0.2) is 0 Å². The molecular formula is C2H10N6Si6. The van der Waals surface area contributed by atoms with Crippen LogP contribution in [0.25, 0.3) is 0 Å². The normalized spacial score (nSPS) is 29.6. The van der Waals surface area contributed by atoms with E-state index in [1.54, 1.807) is 0 Å². The van der Waals surface area contributed by atoms with Gasteiger partial charge < -0.3 is 26.7 Å². The first-order chi connectivity index (χ1) is 6.77. The summed E-state index contributed by atoms with van der Waals surface area (Å²) in [4.78, 5) is 0. The molecular weight excluding hydrogens is 277 g/mol. The zero-order valence-corrected chi connectivity index (χ0v) is 13.9. The summed E-state index contributed by atoms with van der Waals surface area (Å²) >= 11 is 0. The van der Waals surface area contributed by atoms with E-state index >= 15 is 0 Å². The molecule has 10 radical (unpaired) electrons. The monoisotopic (exact) mass is 286 g/mol. The van der Waals surface area contributed by atoms with E-state index in [2.05, 4.69) is 40.3 Å². The lowest BCUT2D eigenvalue weighted by Gasteiger charge is -2.41. The van der Waals surface area contributed by atoms with Crippen molar-refractivity contribution in [3.8, 4) is 0 Å². The molecule has 0 atom stereocenters. The summed E-state index contributed by atoms with van der Waals surface area (Å²) in [7, 11) is 4.01. The van der Waals surface area contributed by atoms with Gasteiger partial charge in [-0.2, -0.15) is 0 Å². The predicted octanol–water partition coefficient (Wildman–Crippen LogP) is -4.15. The van der Waals surface area contributed by atoms with E-state index in [1.807, 2.05) is 0 Å². The van der Waals surface area contributed by atoms with Crippen molar-refractivity contribution in [1.82, 2.24) is 26.7 Å². The summed E-state index contributed by atoms with van der Waals surface area (Å²) in [6.07, 6.45) is 0. The molecule has 2 fully saturated rings. The maximum atomic E-state index is 3.72. The van der Waals surface area contributed by atoms with Crippen LogP contribution in [0.15, 0.2) is 0 Å². The molecule has 2 heterocycles. The van der Waals surface area contributed by atoms with Gasteiger partial charge in [0.25, 0.3) is 9.28 Å². The van der Waals surface area contributed by atoms with E-state index in [4.69, 9.17) is 0 Å². The van der Waals surface area contributed by atoms with E-state index in [0.29, 0.717) is 19.7 Å². The van der Waals surface area contributed by atoms with Crippen molar-refractivity contribution in [2.24, 2.45) is 0 Å². The Hall–Kier alpha value is 1.06. The Labute approximate surface area is 98.1 Å². The van der Waals surface area contributed by atoms with Crippen LogP contribution in [0.4, 0.5) is 0 Å². The minimum Gasteiger partial charge on any atom is -0.337 e. The number of hydrogen-bond acceptors (Lipinski definition) is 6. The molecule has 2 rings (SSSR count). The molecule has 0 spiro atoms. The predicted molar refractivity (Wildman–Crippen MR) is 62.5 cm³/mol. The molecule has 0 aromatic heterocycles. The Morgan fingerprint density at radius 1 is 1.21 bits per heavy atom. The van der Waals surface area contributed by atoms with E-state index in [1.165, 1.54) is 0 Å². The molecule has 0 unspecified atom stereocenters. The number of nitrogens with one attached hydrogen (secondary N) is 4. The Balaban J connectivity index is 1.95. The number of nitrogens with zero attached hydrogens (tertiary/aromatic N) is 2. The van der Waals surface area contributed by atoms with Gasteiger partial charge >= 0.3 is 0 Å². The number of rotatable bonds is 0. The second-order valence-electron chi connectivity index (χ2n) is 2.79. The van der Waals surface area contributed by atoms with Crippen molar-refractivity contribution in [3.63, 3.8) is 0 Å². The standard InChI is InChI=1S/C2H10N6Si6/c1-7-12-8-11-4-9-3-10-5-14(8)6-13(7)2/h3-6H,1-2H3. The van der Waals surface area contributed by atoms with Crippen LogP contribution in [-0.4, -0.2) is 72.9 Å². The zero-order chi connectivity index (χ0) is 9.97. The second kappa shape index (κ2) is 5.41. The highest BCUT2D eigenvalue weighted by molar-refractivity contribution is 6.88. The van der Waals surface area contributed by atoms with Gasteiger partial charge in [0.15, 0.2) is 0 Å². The first-order valence-electron chi connectivity index (χ1n) is 4.07. The van der Waals surface area contributed by atoms with E-state index < -0.39 is 18.4 Å². The molecule has 0 amide bonds. The van der Waals surface area contributed by atoms with Gasteiger partial charge in [-0.05, 0) is 13.6 Å². The molecule has 0 aromatic carbocycles. The van der Waals surface area contributed by atoms with Crippen LogP contribution >= 0.6 is 0 Å². The molecule has 6 nitrogen and oxygen atoms in total. The molecule has 0 aliphatic carbocycles. The van der Waals surface area contributed by atoms with Crippen LogP contribution in [0, 0.1) is 0 Å². The topological polar surface area (TPSA) is 54.6 Å². The molecule has 0 saturated carbocycles. The van der Waals surface area contributed by atoms with E-state index in [9.17, 15) is 0 Å². The van der Waals surface area contributed by atoms with Gasteiger partial charge in [0, 0.05) is 0 Å². The van der Waals surface area contributed by atoms with Gasteiger partial charge in [0.1, 0.15) is 0 Å². The van der Waals surface area contributed by atoms with Crippen LogP contribution in [0.3, 0.4) is 0 Å². The van der Waals surface area contributed by atoms with Gasteiger partial charge in [-0.15, -0.1) is 0 Å². The van der Waals surface area contributed by atoms with Crippen molar-refractivity contribution in [3.05, 3.63) is 0 Å². The summed E-state index contributed by atoms with van der Waals surface area (Å²) in [5.74, 6) is 0. The molecule has 14 heavy (non-hydrogen) atoms. The van der Waals surface area contributed by atoms with Gasteiger partial charge in [0.2, 0.25) is 48.5 Å². The molecule has 2 aliphatic rings. The van der Waals surface area contributed by atoms with Crippen molar-refractivity contribution in [2.75, 3.05) is 7.05 Å². The molecule has 72 valence electrons. The average Bonchev–Trinajstić information content (AvgIpc) is 2.13. The first kappa shape index (κ1) is 11.5. The maximum Gasteiger partial charge on any atom is 0.296 e. The fraction of sp³-hybridized carbons (Fsp3) is 1.00. The van der Waals surface area contributed by atoms with Gasteiger partial charge in [0.05, 0.1) is 0 Å². The lowest BCUT2D eigenvalue weighted by atomic mass is 11.6. The summed E-state index contributed by atoms with van der Waals surface area (Å²) in [6.45, 7) is 2.32. The highest BCUT2D eigenvalue weighted by atomic mass is 28.5. The van der Waals surface area contributed by atoms with Crippen LogP contribution in [0.1, 0.15) is 0 Å². The summed E-state index contributed by atoms with van der Waals surface area (Å²) in [5.41, 5.74) is 0. The molecule has 2 aliphatic heterocycles. The third-order valence-corrected chi connectivity index (χ3v) is 13.7. The van der Waals surface area contributed by atoms with Crippen molar-refractivity contribution in [2.45, 2.75) is 6.55 Å². The third-order valence-electron chi connectivity index (χ3n) is 1.81. The molecule has 0 bridgehead atoms. The fourth-order valence-corrected chi connectivity index (χ4v) is 15.0. The SMILES string of the molecule is CN1[Si]N2[Si]N[Si]N[Si]N[Si]2N[Si]1C. The average molecular weight is 287 g/mol. The Morgan fingerprint density at radius 2 is 2.07 bits per heavy atom. The Kier molecular flexibility index (Phi) is 4.46. The lowest BCUT2D eigenvalue weighted by Crippen LogP contribution is -2.78. The van der Waals surface area contributed by atoms with E-state index in [-0.39, 0.29) is 0 Å². The van der Waals surface area contributed by atoms with Crippen LogP contribution < -0.4 is 18.6 Å². The van der Waals surface area contributed by atoms with Gasteiger partial charge in [-0.1, -0.05) is 0 Å². The highest BCUT2D eigenvalue weighted by Crippen LogP contribution is 1.97. The third kappa shape index (κ3) is 2.80. The molecule has 2 saturated heterocycles. The summed E-state index contributed by atoms with van der Waals surface area (Å²) in [5, 5.41) is 0. The Morgan fingerprint density at radius 3 is 2.93 bits per heavy atom. The fourth-order valence-electron chi connectivity index (χ4n) is 0.991. The number of hydrogen-bond donors (Lipinski definition) is 4. The second-order valence-corrected chi connectivity index (χ2v) is 14.1. The maximum absolute atomic E-state index is 3.72. The van der Waals surface area contributed by atoms with Crippen LogP contribution in [0.2, 0.25) is 6.55 Å². The van der Waals surface area contributed by atoms with Crippen LogP contribution in [-0.2, 0) is 0 Å². The molecule has 12 heteroatoms. The Bertz CT molecular complexity index is 173. The largest absolute Gasteiger partial charge is 0.337 e. The number of fused-ring (bicyclic) bond motifs is 1. The minimum atomic E-state index is -0.676. The van der Waals surface area contributed by atoms with Crippen molar-refractivity contribution >= 4 is 57.8 Å². The zero-order valence-electron chi connectivity index (χ0n) is 7.89. The lowest BCUT2D eigenvalue weighted by molar-refractivity contribution is 0.718. The van der Waals surface area contributed by atoms with Crippen molar-refractivity contribution in [1.29, 1.82) is 0 Å². The van der Waals surface area contributed by atoms with E-state index in [0.717, 1.165) is 19.7 Å². The summed E-state index contributed by atoms with van der Waals surface area (Å²) < 4.78 is 19.1. The van der Waals surface area contributed by atoms with Crippen molar-refractivity contribution < 1.29 is 0 Å². The quantitative estimate of drug-likeness (QED) is 0.339. The smallest absolute Gasteiger partial charge is 0.296 e. The summed E-state index contributed by atoms with van der Waals surface area (Å²) in [6, 6.07) is 0. The molecule has 0 aromatic rings. The minimum absolute atomic E-state index is 0.475. The molecule has 4 N–H and O–H groups in total. The van der Waals surface area contributed by atoms with Gasteiger partial charge in [-0.3, -0.25) is 0 Å².